The van der Waals surface area contributed by atoms with Crippen molar-refractivity contribution in [2.45, 2.75) is 47.1 Å². The molecule has 5 aromatic rings. The Kier molecular flexibility index (Phi) is 4.89. The number of aromatic nitrogens is 2. The van der Waals surface area contributed by atoms with E-state index in [-0.39, 0.29) is 5.41 Å². The van der Waals surface area contributed by atoms with Gasteiger partial charge in [0.15, 0.2) is 0 Å². The van der Waals surface area contributed by atoms with E-state index < -0.39 is 0 Å². The minimum atomic E-state index is 0.240. The largest absolute Gasteiger partial charge is 0.338 e. The number of rotatable bonds is 3. The lowest BCUT2D eigenvalue weighted by Gasteiger charge is -2.19. The van der Waals surface area contributed by atoms with Gasteiger partial charge in [-0.25, -0.2) is 0 Å². The van der Waals surface area contributed by atoms with Gasteiger partial charge in [0.05, 0.1) is 11.2 Å². The summed E-state index contributed by atoms with van der Waals surface area (Å²) in [6, 6.07) is 24.4. The molecule has 3 heteroatoms. The second-order valence-corrected chi connectivity index (χ2v) is 10.4. The Morgan fingerprint density at radius 3 is 2.31 bits per heavy atom. The van der Waals surface area contributed by atoms with Crippen LogP contribution in [0.4, 0.5) is 0 Å². The van der Waals surface area contributed by atoms with Crippen LogP contribution in [-0.4, -0.2) is 17.4 Å². The van der Waals surface area contributed by atoms with Gasteiger partial charge in [-0.3, -0.25) is 4.98 Å². The molecule has 0 saturated carbocycles. The summed E-state index contributed by atoms with van der Waals surface area (Å²) >= 11 is 0. The normalized spacial score (nSPS) is 12.4. The fourth-order valence-corrected chi connectivity index (χ4v) is 4.97. The van der Waals surface area contributed by atoms with Gasteiger partial charge in [0.1, 0.15) is 7.85 Å². The molecule has 0 atom stereocenters. The van der Waals surface area contributed by atoms with Crippen molar-refractivity contribution in [2.24, 2.45) is 5.41 Å². The summed E-state index contributed by atoms with van der Waals surface area (Å²) in [7, 11) is 6.28. The molecule has 0 aliphatic heterocycles. The van der Waals surface area contributed by atoms with E-state index >= 15 is 0 Å². The van der Waals surface area contributed by atoms with Gasteiger partial charge in [0.2, 0.25) is 0 Å². The first kappa shape index (κ1) is 20.8. The topological polar surface area (TPSA) is 17.8 Å². The third kappa shape index (κ3) is 3.60. The van der Waals surface area contributed by atoms with E-state index in [1.165, 1.54) is 27.4 Å². The van der Waals surface area contributed by atoms with Crippen molar-refractivity contribution in [3.63, 3.8) is 0 Å². The number of hydrogen-bond donors (Lipinski definition) is 0. The summed E-state index contributed by atoms with van der Waals surface area (Å²) in [5.41, 5.74) is 6.69. The Labute approximate surface area is 191 Å². The zero-order chi connectivity index (χ0) is 22.6. The van der Waals surface area contributed by atoms with E-state index in [1.54, 1.807) is 0 Å². The summed E-state index contributed by atoms with van der Waals surface area (Å²) in [5, 5.41) is 4.86. The molecule has 0 aliphatic carbocycles. The Hall–Kier alpha value is -3.07. The first-order chi connectivity index (χ1) is 15.2. The fraction of sp³-hybridized carbons (Fsp3) is 0.276. The molecule has 0 spiro atoms. The van der Waals surface area contributed by atoms with Gasteiger partial charge in [0, 0.05) is 33.3 Å². The molecule has 0 aliphatic rings. The van der Waals surface area contributed by atoms with Crippen LogP contribution in [0.1, 0.15) is 46.2 Å². The van der Waals surface area contributed by atoms with Crippen molar-refractivity contribution < 1.29 is 0 Å². The van der Waals surface area contributed by atoms with Gasteiger partial charge in [-0.2, -0.15) is 0 Å². The molecule has 0 bridgehead atoms. The standard InChI is InChI=1S/C29H29BN2/c1-18(2)32-25-9-7-6-8-23(25)24-13-11-20(15-26(24)32)28-22-12-10-19(17-29(3,4)5)14-21(22)16-27(30)31-28/h6-16,18H,17H2,1-5H3. The predicted molar refractivity (Wildman–Crippen MR) is 139 cm³/mol. The third-order valence-electron chi connectivity index (χ3n) is 6.15. The lowest BCUT2D eigenvalue weighted by Crippen LogP contribution is -2.11. The van der Waals surface area contributed by atoms with E-state index in [9.17, 15) is 0 Å². The molecule has 0 saturated heterocycles. The van der Waals surface area contributed by atoms with Crippen molar-refractivity contribution in [1.29, 1.82) is 0 Å². The Bertz CT molecular complexity index is 1470. The molecular formula is C29H29BN2. The van der Waals surface area contributed by atoms with Crippen LogP contribution in [-0.2, 0) is 6.42 Å². The van der Waals surface area contributed by atoms with Gasteiger partial charge in [0.25, 0.3) is 0 Å². The van der Waals surface area contributed by atoms with Crippen LogP contribution in [0.25, 0.3) is 43.8 Å². The van der Waals surface area contributed by atoms with Gasteiger partial charge >= 0.3 is 0 Å². The molecule has 0 amide bonds. The highest BCUT2D eigenvalue weighted by atomic mass is 15.0. The first-order valence-corrected chi connectivity index (χ1v) is 11.4. The van der Waals surface area contributed by atoms with Gasteiger partial charge in [-0.15, -0.1) is 0 Å². The highest BCUT2D eigenvalue weighted by Gasteiger charge is 2.16. The quantitative estimate of drug-likeness (QED) is 0.290. The van der Waals surface area contributed by atoms with E-state index in [4.69, 9.17) is 12.8 Å². The minimum Gasteiger partial charge on any atom is -0.338 e. The maximum absolute atomic E-state index is 6.28. The van der Waals surface area contributed by atoms with Crippen molar-refractivity contribution >= 4 is 46.0 Å². The molecule has 5 rings (SSSR count). The highest BCUT2D eigenvalue weighted by Crippen LogP contribution is 2.36. The monoisotopic (exact) mass is 416 g/mol. The van der Waals surface area contributed by atoms with Crippen LogP contribution in [0.3, 0.4) is 0 Å². The number of fused-ring (bicyclic) bond motifs is 4. The molecule has 2 radical (unpaired) electrons. The first-order valence-electron chi connectivity index (χ1n) is 11.4. The predicted octanol–water partition coefficient (Wildman–Crippen LogP) is 6.97. The van der Waals surface area contributed by atoms with Gasteiger partial charge in [-0.1, -0.05) is 69.3 Å². The van der Waals surface area contributed by atoms with E-state index in [2.05, 4.69) is 99.8 Å². The zero-order valence-electron chi connectivity index (χ0n) is 19.6. The van der Waals surface area contributed by atoms with Crippen LogP contribution < -0.4 is 5.59 Å². The average Bonchev–Trinajstić information content (AvgIpc) is 3.05. The SMILES string of the molecule is [B]c1cc2cc(CC(C)(C)C)ccc2c(-c2ccc3c4ccccc4n(C(C)C)c3c2)n1. The molecule has 0 fully saturated rings. The van der Waals surface area contributed by atoms with Crippen molar-refractivity contribution in [2.75, 3.05) is 0 Å². The Morgan fingerprint density at radius 1 is 0.844 bits per heavy atom. The number of para-hydroxylation sites is 1. The summed E-state index contributed by atoms with van der Waals surface area (Å²) in [6.07, 6.45) is 1.03. The van der Waals surface area contributed by atoms with E-state index in [0.717, 1.165) is 28.5 Å². The molecule has 0 unspecified atom stereocenters. The summed E-state index contributed by atoms with van der Waals surface area (Å²) in [6.45, 7) is 11.3. The molecule has 3 aromatic carbocycles. The van der Waals surface area contributed by atoms with Gasteiger partial charge in [-0.05, 0) is 60.4 Å². The maximum atomic E-state index is 6.28. The molecule has 32 heavy (non-hydrogen) atoms. The lowest BCUT2D eigenvalue weighted by molar-refractivity contribution is 0.411. The highest BCUT2D eigenvalue weighted by molar-refractivity contribution is 6.32. The molecule has 0 N–H and O–H groups in total. The van der Waals surface area contributed by atoms with E-state index in [1.807, 2.05) is 6.07 Å². The third-order valence-corrected chi connectivity index (χ3v) is 6.15. The summed E-state index contributed by atoms with van der Waals surface area (Å²) in [4.78, 5) is 4.78. The second-order valence-electron chi connectivity index (χ2n) is 10.4. The van der Waals surface area contributed by atoms with Crippen LogP contribution >= 0.6 is 0 Å². The zero-order valence-corrected chi connectivity index (χ0v) is 19.6. The second kappa shape index (κ2) is 7.51. The van der Waals surface area contributed by atoms with Crippen molar-refractivity contribution in [3.8, 4) is 11.3 Å². The molecular weight excluding hydrogens is 387 g/mol. The molecule has 2 nitrogen and oxygen atoms in total. The number of nitrogens with zero attached hydrogens (tertiary/aromatic N) is 2. The van der Waals surface area contributed by atoms with E-state index in [0.29, 0.717) is 11.6 Å². The summed E-state index contributed by atoms with van der Waals surface area (Å²) < 4.78 is 2.42. The molecule has 2 aromatic heterocycles. The number of hydrogen-bond acceptors (Lipinski definition) is 1. The Balaban J connectivity index is 1.73. The molecule has 2 heterocycles. The van der Waals surface area contributed by atoms with Crippen LogP contribution in [0, 0.1) is 5.41 Å². The van der Waals surface area contributed by atoms with Crippen LogP contribution in [0.15, 0.2) is 66.7 Å². The average molecular weight is 416 g/mol. The molecule has 158 valence electrons. The van der Waals surface area contributed by atoms with Crippen molar-refractivity contribution in [1.82, 2.24) is 9.55 Å². The van der Waals surface area contributed by atoms with Crippen molar-refractivity contribution in [3.05, 3.63) is 72.3 Å². The smallest absolute Gasteiger partial charge is 0.141 e. The van der Waals surface area contributed by atoms with Crippen LogP contribution in [0.5, 0.6) is 0 Å². The number of pyridine rings is 1. The lowest BCUT2D eigenvalue weighted by atomic mass is 9.87. The maximum Gasteiger partial charge on any atom is 0.141 e. The minimum absolute atomic E-state index is 0.240. The number of benzene rings is 3. The summed E-state index contributed by atoms with van der Waals surface area (Å²) in [5.74, 6) is 0. The van der Waals surface area contributed by atoms with Crippen LogP contribution in [0.2, 0.25) is 0 Å². The Morgan fingerprint density at radius 2 is 1.56 bits per heavy atom. The van der Waals surface area contributed by atoms with Gasteiger partial charge < -0.3 is 4.57 Å². The fourth-order valence-electron chi connectivity index (χ4n) is 4.97.